The number of aromatic nitrogens is 3. The summed E-state index contributed by atoms with van der Waals surface area (Å²) in [5, 5.41) is 8.96. The molecule has 20 heavy (non-hydrogen) atoms. The van der Waals surface area contributed by atoms with E-state index in [2.05, 4.69) is 26.1 Å². The summed E-state index contributed by atoms with van der Waals surface area (Å²) >= 11 is 6.22. The van der Waals surface area contributed by atoms with Gasteiger partial charge in [-0.15, -0.1) is 0 Å². The molecule has 1 aliphatic heterocycles. The van der Waals surface area contributed by atoms with E-state index < -0.39 is 0 Å². The molecule has 5 heteroatoms. The van der Waals surface area contributed by atoms with Crippen LogP contribution in [0.15, 0.2) is 36.8 Å². The van der Waals surface area contributed by atoms with Crippen LogP contribution in [0.4, 0.5) is 5.69 Å². The summed E-state index contributed by atoms with van der Waals surface area (Å²) in [5.41, 5.74) is 4.80. The number of halogens is 1. The number of aromatic amines is 1. The highest BCUT2D eigenvalue weighted by molar-refractivity contribution is 6.31. The lowest BCUT2D eigenvalue weighted by Crippen LogP contribution is -2.30. The van der Waals surface area contributed by atoms with Crippen molar-refractivity contribution >= 4 is 28.2 Å². The van der Waals surface area contributed by atoms with Gasteiger partial charge in [-0.2, -0.15) is 5.10 Å². The highest BCUT2D eigenvalue weighted by Gasteiger charge is 2.19. The lowest BCUT2D eigenvalue weighted by molar-refractivity contribution is 0.730. The summed E-state index contributed by atoms with van der Waals surface area (Å²) in [6, 6.07) is 6.03. The van der Waals surface area contributed by atoms with Gasteiger partial charge in [0, 0.05) is 41.6 Å². The quantitative estimate of drug-likeness (QED) is 0.746. The van der Waals surface area contributed by atoms with E-state index in [1.165, 1.54) is 11.1 Å². The first-order valence-electron chi connectivity index (χ1n) is 6.60. The molecule has 0 unspecified atom stereocenters. The third kappa shape index (κ3) is 1.84. The molecule has 0 saturated heterocycles. The normalized spacial score (nSPS) is 14.6. The molecular weight excluding hydrogens is 272 g/mol. The maximum atomic E-state index is 6.22. The Balaban J connectivity index is 1.79. The molecule has 0 amide bonds. The van der Waals surface area contributed by atoms with Gasteiger partial charge in [-0.05, 0) is 35.7 Å². The summed E-state index contributed by atoms with van der Waals surface area (Å²) in [7, 11) is 0. The smallest absolute Gasteiger partial charge is 0.0686 e. The van der Waals surface area contributed by atoms with Gasteiger partial charge in [0.1, 0.15) is 0 Å². The Bertz CT molecular complexity index is 780. The van der Waals surface area contributed by atoms with Crippen molar-refractivity contribution in [3.05, 3.63) is 52.9 Å². The average molecular weight is 285 g/mol. The first-order valence-corrected chi connectivity index (χ1v) is 6.98. The van der Waals surface area contributed by atoms with Crippen molar-refractivity contribution in [2.75, 3.05) is 11.4 Å². The molecule has 0 atom stereocenters. The Morgan fingerprint density at radius 1 is 1.20 bits per heavy atom. The molecule has 2 aromatic heterocycles. The molecule has 3 heterocycles. The van der Waals surface area contributed by atoms with Crippen molar-refractivity contribution in [2.45, 2.75) is 13.0 Å². The van der Waals surface area contributed by atoms with Crippen LogP contribution in [0.1, 0.15) is 11.1 Å². The predicted molar refractivity (Wildman–Crippen MR) is 80.1 cm³/mol. The van der Waals surface area contributed by atoms with E-state index in [1.54, 1.807) is 0 Å². The van der Waals surface area contributed by atoms with Crippen molar-refractivity contribution in [2.24, 2.45) is 0 Å². The first-order chi connectivity index (χ1) is 9.81. The zero-order chi connectivity index (χ0) is 13.5. The minimum absolute atomic E-state index is 0.734. The molecule has 0 aliphatic carbocycles. The molecule has 100 valence electrons. The van der Waals surface area contributed by atoms with Crippen LogP contribution in [0.25, 0.3) is 10.9 Å². The zero-order valence-electron chi connectivity index (χ0n) is 10.8. The minimum Gasteiger partial charge on any atom is -0.366 e. The number of pyridine rings is 1. The topological polar surface area (TPSA) is 44.8 Å². The Hall–Kier alpha value is -2.07. The van der Waals surface area contributed by atoms with Crippen molar-refractivity contribution in [1.29, 1.82) is 0 Å². The van der Waals surface area contributed by atoms with Crippen LogP contribution in [-0.2, 0) is 13.0 Å². The van der Waals surface area contributed by atoms with E-state index in [-0.39, 0.29) is 0 Å². The van der Waals surface area contributed by atoms with Crippen molar-refractivity contribution < 1.29 is 0 Å². The Kier molecular flexibility index (Phi) is 2.63. The third-order valence-electron chi connectivity index (χ3n) is 3.86. The molecule has 1 aliphatic rings. The zero-order valence-corrected chi connectivity index (χ0v) is 11.6. The first kappa shape index (κ1) is 11.7. The molecule has 0 spiro atoms. The van der Waals surface area contributed by atoms with E-state index in [0.717, 1.165) is 41.1 Å². The number of fused-ring (bicyclic) bond motifs is 2. The number of rotatable bonds is 1. The maximum Gasteiger partial charge on any atom is 0.0686 e. The molecule has 4 nitrogen and oxygen atoms in total. The van der Waals surface area contributed by atoms with Gasteiger partial charge in [0.05, 0.1) is 11.7 Å². The molecule has 1 N–H and O–H groups in total. The highest BCUT2D eigenvalue weighted by atomic mass is 35.5. The van der Waals surface area contributed by atoms with Crippen molar-refractivity contribution in [1.82, 2.24) is 15.2 Å². The summed E-state index contributed by atoms with van der Waals surface area (Å²) in [6.07, 6.45) is 6.70. The van der Waals surface area contributed by atoms with Crippen molar-refractivity contribution in [3.63, 3.8) is 0 Å². The Labute approximate surface area is 121 Å². The molecule has 4 rings (SSSR count). The van der Waals surface area contributed by atoms with E-state index in [9.17, 15) is 0 Å². The van der Waals surface area contributed by atoms with E-state index in [0.29, 0.717) is 0 Å². The molecular formula is C15H13ClN4. The summed E-state index contributed by atoms with van der Waals surface area (Å²) in [4.78, 5) is 6.55. The number of nitrogens with one attached hydrogen (secondary N) is 1. The SMILES string of the molecule is Clc1cc(N2CCc3cnccc3C2)c2cn[nH]c2c1. The van der Waals surface area contributed by atoms with Crippen LogP contribution < -0.4 is 4.90 Å². The van der Waals surface area contributed by atoms with Crippen LogP contribution in [0.5, 0.6) is 0 Å². The van der Waals surface area contributed by atoms with E-state index >= 15 is 0 Å². The molecule has 0 radical (unpaired) electrons. The lowest BCUT2D eigenvalue weighted by atomic mass is 10.0. The third-order valence-corrected chi connectivity index (χ3v) is 4.08. The molecule has 3 aromatic rings. The second kappa shape index (κ2) is 4.49. The van der Waals surface area contributed by atoms with Gasteiger partial charge in [-0.3, -0.25) is 10.1 Å². The van der Waals surface area contributed by atoms with Crippen LogP contribution in [0.3, 0.4) is 0 Å². The van der Waals surface area contributed by atoms with Crippen molar-refractivity contribution in [3.8, 4) is 0 Å². The van der Waals surface area contributed by atoms with E-state index in [1.807, 2.05) is 30.7 Å². The van der Waals surface area contributed by atoms with E-state index in [4.69, 9.17) is 11.6 Å². The summed E-state index contributed by atoms with van der Waals surface area (Å²) in [5.74, 6) is 0. The molecule has 0 saturated carbocycles. The minimum atomic E-state index is 0.734. The maximum absolute atomic E-state index is 6.22. The molecule has 0 fully saturated rings. The molecule has 0 bridgehead atoms. The molecule has 1 aromatic carbocycles. The second-order valence-corrected chi connectivity index (χ2v) is 5.51. The average Bonchev–Trinajstić information content (AvgIpc) is 2.94. The van der Waals surface area contributed by atoms with Crippen LogP contribution in [0, 0.1) is 0 Å². The number of benzene rings is 1. The fourth-order valence-electron chi connectivity index (χ4n) is 2.84. The predicted octanol–water partition coefficient (Wildman–Crippen LogP) is 3.17. The number of anilines is 1. The number of hydrogen-bond acceptors (Lipinski definition) is 3. The largest absolute Gasteiger partial charge is 0.366 e. The van der Waals surface area contributed by atoms with Crippen LogP contribution in [0.2, 0.25) is 5.02 Å². The fraction of sp³-hybridized carbons (Fsp3) is 0.200. The fourth-order valence-corrected chi connectivity index (χ4v) is 3.05. The lowest BCUT2D eigenvalue weighted by Gasteiger charge is -2.31. The van der Waals surface area contributed by atoms with Gasteiger partial charge in [0.25, 0.3) is 0 Å². The Morgan fingerprint density at radius 3 is 3.10 bits per heavy atom. The van der Waals surface area contributed by atoms with Crippen LogP contribution >= 0.6 is 11.6 Å². The van der Waals surface area contributed by atoms with Gasteiger partial charge in [-0.25, -0.2) is 0 Å². The number of hydrogen-bond donors (Lipinski definition) is 1. The highest BCUT2D eigenvalue weighted by Crippen LogP contribution is 2.32. The summed E-state index contributed by atoms with van der Waals surface area (Å²) in [6.45, 7) is 1.86. The van der Waals surface area contributed by atoms with Gasteiger partial charge in [0.15, 0.2) is 0 Å². The Morgan fingerprint density at radius 2 is 2.15 bits per heavy atom. The van der Waals surface area contributed by atoms with Gasteiger partial charge in [0.2, 0.25) is 0 Å². The second-order valence-electron chi connectivity index (χ2n) is 5.07. The van der Waals surface area contributed by atoms with Gasteiger partial charge < -0.3 is 4.90 Å². The summed E-state index contributed by atoms with van der Waals surface area (Å²) < 4.78 is 0. The van der Waals surface area contributed by atoms with Crippen LogP contribution in [-0.4, -0.2) is 21.7 Å². The van der Waals surface area contributed by atoms with Gasteiger partial charge >= 0.3 is 0 Å². The number of H-pyrrole nitrogens is 1. The number of nitrogens with zero attached hydrogens (tertiary/aromatic N) is 3. The monoisotopic (exact) mass is 284 g/mol. The standard InChI is InChI=1S/C15H13ClN4/c16-12-5-14-13(8-18-19-14)15(6-12)20-4-2-10-7-17-3-1-11(10)9-20/h1,3,5-8H,2,4,9H2,(H,18,19). The van der Waals surface area contributed by atoms with Gasteiger partial charge in [-0.1, -0.05) is 11.6 Å².